The van der Waals surface area contributed by atoms with Crippen molar-refractivity contribution in [3.05, 3.63) is 33.5 Å². The van der Waals surface area contributed by atoms with Gasteiger partial charge in [-0.05, 0) is 30.4 Å². The molecular formula is C13H16N4OS. The summed E-state index contributed by atoms with van der Waals surface area (Å²) < 4.78 is 2.13. The first-order chi connectivity index (χ1) is 9.16. The summed E-state index contributed by atoms with van der Waals surface area (Å²) in [7, 11) is 1.82. The average Bonchev–Trinajstić information content (AvgIpc) is 3.06. The SMILES string of the molecule is Cc1ccsc1C(=O)N(C)Cc1nnc2n1CCC2. The fourth-order valence-electron chi connectivity index (χ4n) is 2.38. The zero-order valence-electron chi connectivity index (χ0n) is 11.1. The molecule has 0 fully saturated rings. The van der Waals surface area contributed by atoms with Crippen LogP contribution in [-0.2, 0) is 19.5 Å². The Morgan fingerprint density at radius 2 is 2.37 bits per heavy atom. The highest BCUT2D eigenvalue weighted by Crippen LogP contribution is 2.19. The van der Waals surface area contributed by atoms with E-state index in [1.165, 1.54) is 11.3 Å². The molecule has 0 unspecified atom stereocenters. The molecule has 2 aromatic heterocycles. The molecule has 19 heavy (non-hydrogen) atoms. The lowest BCUT2D eigenvalue weighted by Gasteiger charge is -2.16. The number of amides is 1. The van der Waals surface area contributed by atoms with Gasteiger partial charge < -0.3 is 9.47 Å². The van der Waals surface area contributed by atoms with E-state index in [1.54, 1.807) is 4.90 Å². The van der Waals surface area contributed by atoms with Gasteiger partial charge in [-0.25, -0.2) is 0 Å². The van der Waals surface area contributed by atoms with Crippen molar-refractivity contribution in [1.29, 1.82) is 0 Å². The molecule has 1 amide bonds. The molecular weight excluding hydrogens is 260 g/mol. The smallest absolute Gasteiger partial charge is 0.264 e. The van der Waals surface area contributed by atoms with Gasteiger partial charge in [-0.3, -0.25) is 4.79 Å². The standard InChI is InChI=1S/C13H16N4OS/c1-9-5-7-19-12(9)13(18)16(2)8-11-15-14-10-4-3-6-17(10)11/h5,7H,3-4,6,8H2,1-2H3. The van der Waals surface area contributed by atoms with Gasteiger partial charge in [0, 0.05) is 20.0 Å². The van der Waals surface area contributed by atoms with Crippen LogP contribution in [-0.4, -0.2) is 32.6 Å². The number of fused-ring (bicyclic) bond motifs is 1. The van der Waals surface area contributed by atoms with Gasteiger partial charge in [-0.15, -0.1) is 21.5 Å². The third-order valence-corrected chi connectivity index (χ3v) is 4.47. The molecule has 1 aliphatic rings. The number of thiophene rings is 1. The maximum Gasteiger partial charge on any atom is 0.264 e. The summed E-state index contributed by atoms with van der Waals surface area (Å²) in [5.74, 6) is 1.99. The maximum absolute atomic E-state index is 12.3. The van der Waals surface area contributed by atoms with Crippen LogP contribution in [0.3, 0.4) is 0 Å². The van der Waals surface area contributed by atoms with Crippen molar-refractivity contribution < 1.29 is 4.79 Å². The van der Waals surface area contributed by atoms with E-state index in [4.69, 9.17) is 0 Å². The molecule has 0 aromatic carbocycles. The summed E-state index contributed by atoms with van der Waals surface area (Å²) in [6.45, 7) is 3.45. The van der Waals surface area contributed by atoms with E-state index in [2.05, 4.69) is 14.8 Å². The summed E-state index contributed by atoms with van der Waals surface area (Å²) >= 11 is 1.49. The molecule has 0 spiro atoms. The minimum absolute atomic E-state index is 0.0582. The molecule has 3 rings (SSSR count). The Morgan fingerprint density at radius 1 is 1.53 bits per heavy atom. The molecule has 0 N–H and O–H groups in total. The normalized spacial score (nSPS) is 13.6. The minimum Gasteiger partial charge on any atom is -0.333 e. The van der Waals surface area contributed by atoms with Gasteiger partial charge in [0.25, 0.3) is 5.91 Å². The molecule has 0 radical (unpaired) electrons. The summed E-state index contributed by atoms with van der Waals surface area (Å²) in [5.41, 5.74) is 1.04. The van der Waals surface area contributed by atoms with E-state index < -0.39 is 0 Å². The van der Waals surface area contributed by atoms with Gasteiger partial charge in [0.15, 0.2) is 5.82 Å². The summed E-state index contributed by atoms with van der Waals surface area (Å²) in [4.78, 5) is 14.9. The van der Waals surface area contributed by atoms with Gasteiger partial charge in [0.1, 0.15) is 5.82 Å². The van der Waals surface area contributed by atoms with Crippen LogP contribution < -0.4 is 0 Å². The van der Waals surface area contributed by atoms with Crippen molar-refractivity contribution in [3.8, 4) is 0 Å². The van der Waals surface area contributed by atoms with Crippen LogP contribution >= 0.6 is 11.3 Å². The van der Waals surface area contributed by atoms with Crippen molar-refractivity contribution in [3.63, 3.8) is 0 Å². The number of rotatable bonds is 3. The zero-order chi connectivity index (χ0) is 13.4. The lowest BCUT2D eigenvalue weighted by atomic mass is 10.2. The molecule has 6 heteroatoms. The van der Waals surface area contributed by atoms with Crippen molar-refractivity contribution in [2.24, 2.45) is 0 Å². The van der Waals surface area contributed by atoms with Crippen molar-refractivity contribution >= 4 is 17.2 Å². The van der Waals surface area contributed by atoms with E-state index in [0.29, 0.717) is 6.54 Å². The molecule has 0 saturated heterocycles. The van der Waals surface area contributed by atoms with Gasteiger partial charge in [-0.1, -0.05) is 0 Å². The lowest BCUT2D eigenvalue weighted by Crippen LogP contribution is -2.27. The van der Waals surface area contributed by atoms with E-state index in [9.17, 15) is 4.79 Å². The van der Waals surface area contributed by atoms with Crippen molar-refractivity contribution in [1.82, 2.24) is 19.7 Å². The number of aromatic nitrogens is 3. The number of hydrogen-bond acceptors (Lipinski definition) is 4. The summed E-state index contributed by atoms with van der Waals surface area (Å²) in [5, 5.41) is 10.3. The number of aryl methyl sites for hydroxylation is 2. The van der Waals surface area contributed by atoms with Crippen molar-refractivity contribution in [2.45, 2.75) is 32.9 Å². The van der Waals surface area contributed by atoms with Gasteiger partial charge in [0.2, 0.25) is 0 Å². The molecule has 1 aliphatic heterocycles. The van der Waals surface area contributed by atoms with Crippen LogP contribution in [0.2, 0.25) is 0 Å². The quantitative estimate of drug-likeness (QED) is 0.860. The third-order valence-electron chi connectivity index (χ3n) is 3.47. The Labute approximate surface area is 115 Å². The highest BCUT2D eigenvalue weighted by molar-refractivity contribution is 7.12. The Balaban J connectivity index is 1.76. The minimum atomic E-state index is 0.0582. The fraction of sp³-hybridized carbons (Fsp3) is 0.462. The Hall–Kier alpha value is -1.69. The van der Waals surface area contributed by atoms with Crippen molar-refractivity contribution in [2.75, 3.05) is 7.05 Å². The van der Waals surface area contributed by atoms with Crippen LogP contribution in [0.1, 0.15) is 33.3 Å². The molecule has 0 bridgehead atoms. The number of carbonyl (C=O) groups excluding carboxylic acids is 1. The monoisotopic (exact) mass is 276 g/mol. The van der Waals surface area contributed by atoms with Crippen LogP contribution in [0.15, 0.2) is 11.4 Å². The largest absolute Gasteiger partial charge is 0.333 e. The second kappa shape index (κ2) is 4.77. The van der Waals surface area contributed by atoms with Crippen LogP contribution in [0.25, 0.3) is 0 Å². The molecule has 5 nitrogen and oxygen atoms in total. The zero-order valence-corrected chi connectivity index (χ0v) is 11.9. The van der Waals surface area contributed by atoms with E-state index >= 15 is 0 Å². The molecule has 0 atom stereocenters. The molecule has 0 aliphatic carbocycles. The number of nitrogens with zero attached hydrogens (tertiary/aromatic N) is 4. The second-order valence-corrected chi connectivity index (χ2v) is 5.80. The first-order valence-corrected chi connectivity index (χ1v) is 7.25. The second-order valence-electron chi connectivity index (χ2n) is 4.88. The first-order valence-electron chi connectivity index (χ1n) is 6.37. The highest BCUT2D eigenvalue weighted by atomic mass is 32.1. The summed E-state index contributed by atoms with van der Waals surface area (Å²) in [6, 6.07) is 1.97. The van der Waals surface area contributed by atoms with Gasteiger partial charge >= 0.3 is 0 Å². The predicted molar refractivity (Wildman–Crippen MR) is 73.2 cm³/mol. The molecule has 100 valence electrons. The maximum atomic E-state index is 12.3. The molecule has 2 aromatic rings. The van der Waals surface area contributed by atoms with Crippen LogP contribution in [0.4, 0.5) is 0 Å². The van der Waals surface area contributed by atoms with E-state index in [-0.39, 0.29) is 5.91 Å². The fourth-order valence-corrected chi connectivity index (χ4v) is 3.30. The molecule has 3 heterocycles. The third kappa shape index (κ3) is 2.16. The van der Waals surface area contributed by atoms with Crippen LogP contribution in [0, 0.1) is 6.92 Å². The number of carbonyl (C=O) groups is 1. The predicted octanol–water partition coefficient (Wildman–Crippen LogP) is 1.87. The lowest BCUT2D eigenvalue weighted by molar-refractivity contribution is 0.0784. The van der Waals surface area contributed by atoms with E-state index in [1.807, 2.05) is 25.4 Å². The van der Waals surface area contributed by atoms with E-state index in [0.717, 1.165) is 41.5 Å². The summed E-state index contributed by atoms with van der Waals surface area (Å²) in [6.07, 6.45) is 2.12. The van der Waals surface area contributed by atoms with Crippen LogP contribution in [0.5, 0.6) is 0 Å². The van der Waals surface area contributed by atoms with Gasteiger partial charge in [-0.2, -0.15) is 0 Å². The molecule has 0 saturated carbocycles. The highest BCUT2D eigenvalue weighted by Gasteiger charge is 2.21. The Kier molecular flexibility index (Phi) is 3.10. The Bertz CT molecular complexity index is 616. The van der Waals surface area contributed by atoms with Gasteiger partial charge in [0.05, 0.1) is 11.4 Å². The number of hydrogen-bond donors (Lipinski definition) is 0. The average molecular weight is 276 g/mol. The topological polar surface area (TPSA) is 51.0 Å². The first kappa shape index (κ1) is 12.3. The Morgan fingerprint density at radius 3 is 3.11 bits per heavy atom.